The summed E-state index contributed by atoms with van der Waals surface area (Å²) in [5.74, 6) is -1.83. The van der Waals surface area contributed by atoms with Gasteiger partial charge < -0.3 is 21.1 Å². The van der Waals surface area contributed by atoms with Gasteiger partial charge in [0.05, 0.1) is 12.7 Å². The summed E-state index contributed by atoms with van der Waals surface area (Å²) in [6.07, 6.45) is 0.410. The molecule has 2 amide bonds. The molecule has 0 saturated carbocycles. The molecule has 2 aromatic rings. The van der Waals surface area contributed by atoms with E-state index in [9.17, 15) is 13.6 Å². The maximum absolute atomic E-state index is 14.6. The van der Waals surface area contributed by atoms with Gasteiger partial charge in [0.25, 0.3) is 0 Å². The summed E-state index contributed by atoms with van der Waals surface area (Å²) in [4.78, 5) is 17.1. The molecule has 0 radical (unpaired) electrons. The second-order valence-electron chi connectivity index (χ2n) is 6.01. The molecule has 0 unspecified atom stereocenters. The number of nitrogens with zero attached hydrogens (tertiary/aromatic N) is 2. The number of ether oxygens (including phenoxy) is 1. The van der Waals surface area contributed by atoms with Crippen molar-refractivity contribution in [2.75, 3.05) is 13.7 Å². The average molecular weight is 395 g/mol. The van der Waals surface area contributed by atoms with Crippen LogP contribution in [0.25, 0.3) is 11.1 Å². The van der Waals surface area contributed by atoms with Crippen molar-refractivity contribution in [1.29, 1.82) is 0 Å². The predicted octanol–water partition coefficient (Wildman–Crippen LogP) is 3.05. The van der Waals surface area contributed by atoms with Gasteiger partial charge in [-0.3, -0.25) is 0 Å². The minimum absolute atomic E-state index is 0.0705. The average Bonchev–Trinajstić information content (AvgIpc) is 2.62. The summed E-state index contributed by atoms with van der Waals surface area (Å²) >= 11 is 6.26. The van der Waals surface area contributed by atoms with E-state index < -0.39 is 17.7 Å². The second-order valence-corrected chi connectivity index (χ2v) is 6.42. The zero-order valence-electron chi connectivity index (χ0n) is 14.4. The molecule has 0 atom stereocenters. The summed E-state index contributed by atoms with van der Waals surface area (Å²) in [7, 11) is 1.32. The summed E-state index contributed by atoms with van der Waals surface area (Å²) in [6.45, 7) is 0.408. The van der Waals surface area contributed by atoms with E-state index in [1.807, 2.05) is 0 Å². The van der Waals surface area contributed by atoms with Crippen LogP contribution in [0.5, 0.6) is 5.75 Å². The van der Waals surface area contributed by atoms with Crippen LogP contribution < -0.4 is 16.2 Å². The van der Waals surface area contributed by atoms with Crippen molar-refractivity contribution >= 4 is 23.6 Å². The number of halogens is 3. The summed E-state index contributed by atoms with van der Waals surface area (Å²) in [5.41, 5.74) is 11.9. The van der Waals surface area contributed by atoms with Gasteiger partial charge >= 0.3 is 6.03 Å². The minimum atomic E-state index is -0.774. The van der Waals surface area contributed by atoms with E-state index in [0.717, 1.165) is 17.7 Å². The van der Waals surface area contributed by atoms with Gasteiger partial charge in [0, 0.05) is 30.2 Å². The predicted molar refractivity (Wildman–Crippen MR) is 98.7 cm³/mol. The molecular formula is C18H17ClF2N4O2. The first kappa shape index (κ1) is 18.9. The highest BCUT2D eigenvalue weighted by molar-refractivity contribution is 6.31. The van der Waals surface area contributed by atoms with Crippen LogP contribution in [0.3, 0.4) is 0 Å². The Labute approximate surface area is 159 Å². The third kappa shape index (κ3) is 3.66. The van der Waals surface area contributed by atoms with Gasteiger partial charge in [0.2, 0.25) is 0 Å². The number of methoxy groups -OCH3 is 1. The Morgan fingerprint density at radius 3 is 2.48 bits per heavy atom. The third-order valence-electron chi connectivity index (χ3n) is 4.37. The van der Waals surface area contributed by atoms with Crippen LogP contribution in [0.1, 0.15) is 11.1 Å². The lowest BCUT2D eigenvalue weighted by Crippen LogP contribution is -2.36. The first-order chi connectivity index (χ1) is 12.8. The molecular weight excluding hydrogens is 378 g/mol. The van der Waals surface area contributed by atoms with Crippen molar-refractivity contribution in [3.05, 3.63) is 52.0 Å². The van der Waals surface area contributed by atoms with E-state index >= 15 is 0 Å². The lowest BCUT2D eigenvalue weighted by Gasteiger charge is -2.30. The molecule has 27 heavy (non-hydrogen) atoms. The zero-order valence-corrected chi connectivity index (χ0v) is 15.2. The van der Waals surface area contributed by atoms with E-state index in [4.69, 9.17) is 27.8 Å². The zero-order chi connectivity index (χ0) is 19.7. The maximum Gasteiger partial charge on any atom is 0.347 e. The number of aliphatic imine (C=N–C) groups is 1. The van der Waals surface area contributed by atoms with Crippen molar-refractivity contribution in [2.45, 2.75) is 13.0 Å². The third-order valence-corrected chi connectivity index (χ3v) is 4.72. The maximum atomic E-state index is 14.6. The molecule has 1 aliphatic rings. The first-order valence-corrected chi connectivity index (χ1v) is 8.41. The minimum Gasteiger partial charge on any atom is -0.497 e. The number of carbonyl (C=O) groups excluding carboxylic acids is 1. The van der Waals surface area contributed by atoms with Gasteiger partial charge in [-0.1, -0.05) is 17.7 Å². The lowest BCUT2D eigenvalue weighted by atomic mass is 9.90. The molecule has 0 saturated heterocycles. The van der Waals surface area contributed by atoms with E-state index in [1.165, 1.54) is 18.1 Å². The van der Waals surface area contributed by atoms with E-state index in [-0.39, 0.29) is 23.8 Å². The number of urea groups is 1. The van der Waals surface area contributed by atoms with Crippen LogP contribution in [0.4, 0.5) is 13.6 Å². The fraction of sp³-hybridized carbons (Fsp3) is 0.222. The number of rotatable bonds is 2. The number of hydrogen-bond donors (Lipinski definition) is 2. The molecule has 6 nitrogen and oxygen atoms in total. The second kappa shape index (κ2) is 7.40. The van der Waals surface area contributed by atoms with Crippen molar-refractivity contribution in [3.63, 3.8) is 0 Å². The smallest absolute Gasteiger partial charge is 0.347 e. The van der Waals surface area contributed by atoms with Gasteiger partial charge in [-0.25, -0.2) is 13.6 Å². The van der Waals surface area contributed by atoms with Crippen molar-refractivity contribution in [1.82, 2.24) is 4.90 Å². The quantitative estimate of drug-likeness (QED) is 0.604. The number of fused-ring (bicyclic) bond motifs is 1. The Morgan fingerprint density at radius 2 is 1.89 bits per heavy atom. The van der Waals surface area contributed by atoms with Crippen LogP contribution in [-0.4, -0.2) is 30.5 Å². The number of amides is 2. The summed E-state index contributed by atoms with van der Waals surface area (Å²) in [6, 6.07) is 4.70. The molecule has 4 N–H and O–H groups in total. The van der Waals surface area contributed by atoms with E-state index in [0.29, 0.717) is 29.1 Å². The Morgan fingerprint density at radius 1 is 1.22 bits per heavy atom. The highest BCUT2D eigenvalue weighted by Crippen LogP contribution is 2.38. The van der Waals surface area contributed by atoms with Gasteiger partial charge in [-0.2, -0.15) is 4.99 Å². The number of carbonyl (C=O) groups is 1. The molecule has 1 aliphatic heterocycles. The normalized spacial score (nSPS) is 13.1. The lowest BCUT2D eigenvalue weighted by molar-refractivity contribution is 0.203. The van der Waals surface area contributed by atoms with Crippen LogP contribution >= 0.6 is 11.6 Å². The number of hydrogen-bond acceptors (Lipinski definition) is 2. The van der Waals surface area contributed by atoms with Gasteiger partial charge in [0.15, 0.2) is 5.96 Å². The van der Waals surface area contributed by atoms with E-state index in [2.05, 4.69) is 4.99 Å². The summed E-state index contributed by atoms with van der Waals surface area (Å²) in [5, 5.41) is 0.469. The van der Waals surface area contributed by atoms with Crippen LogP contribution in [-0.2, 0) is 13.0 Å². The molecule has 2 aromatic carbocycles. The summed E-state index contributed by atoms with van der Waals surface area (Å²) < 4.78 is 34.1. The number of nitrogens with two attached hydrogens (primary N) is 2. The van der Waals surface area contributed by atoms with Crippen molar-refractivity contribution in [2.24, 2.45) is 16.5 Å². The molecule has 9 heteroatoms. The fourth-order valence-electron chi connectivity index (χ4n) is 3.14. The van der Waals surface area contributed by atoms with Crippen LogP contribution in [0, 0.1) is 11.6 Å². The van der Waals surface area contributed by atoms with Crippen molar-refractivity contribution in [3.8, 4) is 16.9 Å². The fourth-order valence-corrected chi connectivity index (χ4v) is 3.41. The first-order valence-electron chi connectivity index (χ1n) is 8.04. The molecule has 0 aliphatic carbocycles. The Bertz CT molecular complexity index is 922. The molecule has 0 fully saturated rings. The number of benzene rings is 2. The molecule has 0 bridgehead atoms. The van der Waals surface area contributed by atoms with Crippen molar-refractivity contribution < 1.29 is 18.3 Å². The molecule has 142 valence electrons. The SMILES string of the molecule is COc1cc(F)c(-c2ccc(Cl)c3c2CN(C(=O)N=C(N)N)CC3)c(F)c1. The molecule has 3 rings (SSSR count). The van der Waals surface area contributed by atoms with Gasteiger partial charge in [-0.05, 0) is 29.2 Å². The highest BCUT2D eigenvalue weighted by atomic mass is 35.5. The molecule has 1 heterocycles. The topological polar surface area (TPSA) is 93.9 Å². The number of guanidine groups is 1. The molecule has 0 aromatic heterocycles. The largest absolute Gasteiger partial charge is 0.497 e. The van der Waals surface area contributed by atoms with Gasteiger partial charge in [-0.15, -0.1) is 0 Å². The van der Waals surface area contributed by atoms with Gasteiger partial charge in [0.1, 0.15) is 17.4 Å². The van der Waals surface area contributed by atoms with Crippen LogP contribution in [0.2, 0.25) is 5.02 Å². The van der Waals surface area contributed by atoms with Crippen LogP contribution in [0.15, 0.2) is 29.3 Å². The monoisotopic (exact) mass is 394 g/mol. The van der Waals surface area contributed by atoms with E-state index in [1.54, 1.807) is 6.07 Å². The Hall–Kier alpha value is -2.87. The Balaban J connectivity index is 2.11. The highest BCUT2D eigenvalue weighted by Gasteiger charge is 2.27. The Kier molecular flexibility index (Phi) is 5.18. The molecule has 0 spiro atoms. The standard InChI is InChI=1S/C18H17ClF2N4O2/c1-27-9-6-14(20)16(15(21)7-9)11-2-3-13(19)10-4-5-25(8-12(10)11)18(26)24-17(22)23/h2-3,6-7H,4-5,8H2,1H3,(H4,22,23,24,26).